The Hall–Kier alpha value is -0.0800. The molecular weight excluding hydrogens is 196 g/mol. The molecular formula is C14H28N2. The molecule has 1 aliphatic heterocycles. The molecule has 0 spiro atoms. The summed E-state index contributed by atoms with van der Waals surface area (Å²) in [5.41, 5.74) is 0.532. The Kier molecular flexibility index (Phi) is 3.60. The summed E-state index contributed by atoms with van der Waals surface area (Å²) < 4.78 is 0. The van der Waals surface area contributed by atoms with E-state index in [1.807, 2.05) is 0 Å². The first kappa shape index (κ1) is 12.4. The zero-order valence-corrected chi connectivity index (χ0v) is 11.4. The van der Waals surface area contributed by atoms with Gasteiger partial charge in [0.15, 0.2) is 0 Å². The molecule has 1 aliphatic carbocycles. The van der Waals surface area contributed by atoms with Crippen molar-refractivity contribution in [2.24, 2.45) is 5.41 Å². The van der Waals surface area contributed by atoms with E-state index in [0.717, 1.165) is 6.04 Å². The third-order valence-corrected chi connectivity index (χ3v) is 4.79. The van der Waals surface area contributed by atoms with Gasteiger partial charge in [-0.1, -0.05) is 27.2 Å². The van der Waals surface area contributed by atoms with E-state index in [-0.39, 0.29) is 0 Å². The third kappa shape index (κ3) is 2.28. The van der Waals surface area contributed by atoms with E-state index < -0.39 is 0 Å². The highest BCUT2D eigenvalue weighted by Gasteiger charge is 2.41. The highest BCUT2D eigenvalue weighted by atomic mass is 15.3. The Morgan fingerprint density at radius 2 is 2.12 bits per heavy atom. The summed E-state index contributed by atoms with van der Waals surface area (Å²) in [5, 5.41) is 3.66. The molecule has 0 aromatic rings. The van der Waals surface area contributed by atoms with Crippen LogP contribution in [0.5, 0.6) is 0 Å². The summed E-state index contributed by atoms with van der Waals surface area (Å²) in [6.07, 6.45) is 5.50. The fourth-order valence-electron chi connectivity index (χ4n) is 3.58. The molecule has 0 aromatic heterocycles. The normalized spacial score (nSPS) is 40.1. The number of nitrogens with zero attached hydrogens (tertiary/aromatic N) is 1. The molecule has 0 aromatic carbocycles. The van der Waals surface area contributed by atoms with Crippen molar-refractivity contribution in [2.75, 3.05) is 13.1 Å². The van der Waals surface area contributed by atoms with Crippen LogP contribution in [0, 0.1) is 5.41 Å². The zero-order valence-electron chi connectivity index (χ0n) is 11.4. The first-order valence-electron chi connectivity index (χ1n) is 7.03. The Morgan fingerprint density at radius 3 is 2.69 bits per heavy atom. The van der Waals surface area contributed by atoms with Gasteiger partial charge in [-0.15, -0.1) is 0 Å². The standard InChI is InChI=1S/C14H28N2/c1-5-12-10-16(11(2)9-15-12)13-7-6-8-14(13,3)4/h11-13,15H,5-10H2,1-4H3. The summed E-state index contributed by atoms with van der Waals surface area (Å²) in [6, 6.07) is 2.25. The maximum absolute atomic E-state index is 3.66. The molecule has 2 heteroatoms. The Balaban J connectivity index is 2.06. The van der Waals surface area contributed by atoms with Crippen LogP contribution in [-0.4, -0.2) is 36.1 Å². The monoisotopic (exact) mass is 224 g/mol. The maximum Gasteiger partial charge on any atom is 0.0196 e. The van der Waals surface area contributed by atoms with Crippen LogP contribution in [0.3, 0.4) is 0 Å². The molecule has 3 unspecified atom stereocenters. The van der Waals surface area contributed by atoms with E-state index in [2.05, 4.69) is 37.9 Å². The molecule has 16 heavy (non-hydrogen) atoms. The predicted octanol–water partition coefficient (Wildman–Crippen LogP) is 2.64. The van der Waals surface area contributed by atoms with Gasteiger partial charge < -0.3 is 5.32 Å². The largest absolute Gasteiger partial charge is 0.311 e. The van der Waals surface area contributed by atoms with Crippen LogP contribution in [0.15, 0.2) is 0 Å². The minimum Gasteiger partial charge on any atom is -0.311 e. The molecule has 0 radical (unpaired) electrons. The van der Waals surface area contributed by atoms with Crippen molar-refractivity contribution < 1.29 is 0 Å². The summed E-state index contributed by atoms with van der Waals surface area (Å²) in [6.45, 7) is 12.0. The van der Waals surface area contributed by atoms with E-state index in [0.29, 0.717) is 17.5 Å². The fraction of sp³-hybridized carbons (Fsp3) is 1.00. The molecule has 3 atom stereocenters. The van der Waals surface area contributed by atoms with Gasteiger partial charge in [-0.05, 0) is 31.6 Å². The lowest BCUT2D eigenvalue weighted by Crippen LogP contribution is -2.60. The van der Waals surface area contributed by atoms with Gasteiger partial charge in [0.05, 0.1) is 0 Å². The molecule has 2 aliphatic rings. The lowest BCUT2D eigenvalue weighted by Gasteiger charge is -2.46. The predicted molar refractivity (Wildman–Crippen MR) is 69.7 cm³/mol. The fourth-order valence-corrected chi connectivity index (χ4v) is 3.58. The summed E-state index contributed by atoms with van der Waals surface area (Å²) in [7, 11) is 0. The van der Waals surface area contributed by atoms with Crippen LogP contribution in [0.25, 0.3) is 0 Å². The second-order valence-electron chi connectivity index (χ2n) is 6.46. The average Bonchev–Trinajstić information content (AvgIpc) is 2.59. The van der Waals surface area contributed by atoms with Gasteiger partial charge in [-0.25, -0.2) is 0 Å². The molecule has 1 saturated carbocycles. The van der Waals surface area contributed by atoms with Crippen molar-refractivity contribution >= 4 is 0 Å². The Labute approximate surface area is 101 Å². The molecule has 1 saturated heterocycles. The quantitative estimate of drug-likeness (QED) is 0.776. The van der Waals surface area contributed by atoms with Crippen molar-refractivity contribution in [3.8, 4) is 0 Å². The molecule has 2 fully saturated rings. The molecule has 0 bridgehead atoms. The van der Waals surface area contributed by atoms with E-state index in [1.165, 1.54) is 38.8 Å². The number of nitrogens with one attached hydrogen (secondary N) is 1. The van der Waals surface area contributed by atoms with Crippen molar-refractivity contribution in [3.05, 3.63) is 0 Å². The SMILES string of the molecule is CCC1CN(C2CCCC2(C)C)C(C)CN1. The molecule has 2 rings (SSSR count). The molecule has 1 heterocycles. The minimum atomic E-state index is 0.532. The van der Waals surface area contributed by atoms with Gasteiger partial charge in [-0.3, -0.25) is 4.90 Å². The first-order chi connectivity index (χ1) is 7.54. The van der Waals surface area contributed by atoms with Crippen LogP contribution in [-0.2, 0) is 0 Å². The lowest BCUT2D eigenvalue weighted by molar-refractivity contribution is 0.0418. The van der Waals surface area contributed by atoms with Crippen LogP contribution >= 0.6 is 0 Å². The summed E-state index contributed by atoms with van der Waals surface area (Å²) >= 11 is 0. The first-order valence-corrected chi connectivity index (χ1v) is 7.03. The van der Waals surface area contributed by atoms with Crippen molar-refractivity contribution in [1.29, 1.82) is 0 Å². The summed E-state index contributed by atoms with van der Waals surface area (Å²) in [4.78, 5) is 2.79. The van der Waals surface area contributed by atoms with Gasteiger partial charge in [0.2, 0.25) is 0 Å². The van der Waals surface area contributed by atoms with Crippen LogP contribution in [0.4, 0.5) is 0 Å². The van der Waals surface area contributed by atoms with E-state index in [1.54, 1.807) is 0 Å². The lowest BCUT2D eigenvalue weighted by atomic mass is 9.85. The van der Waals surface area contributed by atoms with E-state index in [9.17, 15) is 0 Å². The minimum absolute atomic E-state index is 0.532. The second-order valence-corrected chi connectivity index (χ2v) is 6.46. The highest BCUT2D eigenvalue weighted by Crippen LogP contribution is 2.41. The maximum atomic E-state index is 3.66. The van der Waals surface area contributed by atoms with Crippen molar-refractivity contribution in [1.82, 2.24) is 10.2 Å². The van der Waals surface area contributed by atoms with Crippen molar-refractivity contribution in [2.45, 2.75) is 71.5 Å². The van der Waals surface area contributed by atoms with E-state index >= 15 is 0 Å². The Morgan fingerprint density at radius 1 is 1.38 bits per heavy atom. The number of hydrogen-bond acceptors (Lipinski definition) is 2. The Bertz CT molecular complexity index is 237. The van der Waals surface area contributed by atoms with Crippen molar-refractivity contribution in [3.63, 3.8) is 0 Å². The van der Waals surface area contributed by atoms with Crippen LogP contribution < -0.4 is 5.32 Å². The van der Waals surface area contributed by atoms with Crippen LogP contribution in [0.1, 0.15) is 53.4 Å². The van der Waals surface area contributed by atoms with E-state index in [4.69, 9.17) is 0 Å². The van der Waals surface area contributed by atoms with Gasteiger partial charge >= 0.3 is 0 Å². The molecule has 2 nitrogen and oxygen atoms in total. The molecule has 1 N–H and O–H groups in total. The number of rotatable bonds is 2. The second kappa shape index (κ2) is 4.66. The van der Waals surface area contributed by atoms with Gasteiger partial charge in [-0.2, -0.15) is 0 Å². The molecule has 94 valence electrons. The van der Waals surface area contributed by atoms with Gasteiger partial charge in [0, 0.05) is 31.2 Å². The number of piperazine rings is 1. The molecule has 0 amide bonds. The topological polar surface area (TPSA) is 15.3 Å². The average molecular weight is 224 g/mol. The van der Waals surface area contributed by atoms with Gasteiger partial charge in [0.1, 0.15) is 0 Å². The number of hydrogen-bond donors (Lipinski definition) is 1. The third-order valence-electron chi connectivity index (χ3n) is 4.79. The smallest absolute Gasteiger partial charge is 0.0196 e. The zero-order chi connectivity index (χ0) is 11.8. The van der Waals surface area contributed by atoms with Gasteiger partial charge in [0.25, 0.3) is 0 Å². The summed E-state index contributed by atoms with van der Waals surface area (Å²) in [5.74, 6) is 0. The highest BCUT2D eigenvalue weighted by molar-refractivity contribution is 4.96. The van der Waals surface area contributed by atoms with Crippen LogP contribution in [0.2, 0.25) is 0 Å².